The van der Waals surface area contributed by atoms with Crippen LogP contribution in [0.4, 0.5) is 5.69 Å². The Kier molecular flexibility index (Phi) is 6.28. The molecule has 8 heteroatoms. The lowest BCUT2D eigenvalue weighted by Gasteiger charge is -2.08. The van der Waals surface area contributed by atoms with E-state index in [1.165, 1.54) is 0 Å². The average Bonchev–Trinajstić information content (AvgIpc) is 3.27. The molecule has 1 aromatic heterocycles. The molecule has 4 aromatic rings. The van der Waals surface area contributed by atoms with Crippen LogP contribution in [0.25, 0.3) is 17.1 Å². The first-order valence-corrected chi connectivity index (χ1v) is 10.2. The number of halogens is 1. The van der Waals surface area contributed by atoms with Crippen molar-refractivity contribution in [3.05, 3.63) is 95.3 Å². The number of carbonyl (C=O) groups is 2. The first-order valence-electron chi connectivity index (χ1n) is 9.82. The van der Waals surface area contributed by atoms with Crippen LogP contribution in [-0.4, -0.2) is 33.2 Å². The molecule has 0 aliphatic rings. The molecule has 0 unspecified atom stereocenters. The molecule has 1 heterocycles. The Hall–Kier alpha value is -3.97. The minimum Gasteiger partial charge on any atom is -0.450 e. The highest BCUT2D eigenvalue weighted by atomic mass is 35.5. The maximum atomic E-state index is 12.6. The van der Waals surface area contributed by atoms with Gasteiger partial charge in [-0.05, 0) is 36.8 Å². The third-order valence-corrected chi connectivity index (χ3v) is 4.87. The van der Waals surface area contributed by atoms with Crippen LogP contribution in [0.3, 0.4) is 0 Å². The van der Waals surface area contributed by atoms with Gasteiger partial charge in [0, 0.05) is 16.3 Å². The van der Waals surface area contributed by atoms with Crippen LogP contribution in [-0.2, 0) is 9.53 Å². The van der Waals surface area contributed by atoms with Crippen molar-refractivity contribution in [2.45, 2.75) is 6.92 Å². The minimum atomic E-state index is -0.796. The molecule has 0 saturated carbocycles. The number of rotatable bonds is 6. The molecular formula is C24H19ClN4O3. The van der Waals surface area contributed by atoms with Crippen molar-refractivity contribution in [3.8, 4) is 17.1 Å². The number of ether oxygens (including phenoxy) is 1. The molecule has 0 bridgehead atoms. The van der Waals surface area contributed by atoms with Gasteiger partial charge in [-0.1, -0.05) is 66.2 Å². The summed E-state index contributed by atoms with van der Waals surface area (Å²) in [6.07, 6.45) is 0. The highest BCUT2D eigenvalue weighted by Crippen LogP contribution is 2.22. The maximum Gasteiger partial charge on any atom is 0.378 e. The van der Waals surface area contributed by atoms with Crippen molar-refractivity contribution >= 4 is 29.2 Å². The van der Waals surface area contributed by atoms with Crippen molar-refractivity contribution in [1.29, 1.82) is 0 Å². The Balaban J connectivity index is 1.52. The fourth-order valence-electron chi connectivity index (χ4n) is 3.03. The lowest BCUT2D eigenvalue weighted by molar-refractivity contribution is -0.119. The molecule has 3 aromatic carbocycles. The molecule has 0 aliphatic carbocycles. The second kappa shape index (κ2) is 9.45. The van der Waals surface area contributed by atoms with Crippen LogP contribution < -0.4 is 5.32 Å². The van der Waals surface area contributed by atoms with E-state index in [1.54, 1.807) is 22.9 Å². The summed E-state index contributed by atoms with van der Waals surface area (Å²) in [5.41, 5.74) is 2.92. The molecular weight excluding hydrogens is 428 g/mol. The van der Waals surface area contributed by atoms with Gasteiger partial charge in [-0.25, -0.2) is 14.5 Å². The van der Waals surface area contributed by atoms with E-state index in [2.05, 4.69) is 15.4 Å². The number of aromatic nitrogens is 3. The molecule has 0 atom stereocenters. The van der Waals surface area contributed by atoms with Gasteiger partial charge in [0.25, 0.3) is 11.7 Å². The third kappa shape index (κ3) is 4.84. The lowest BCUT2D eigenvalue weighted by Crippen LogP contribution is -2.22. The summed E-state index contributed by atoms with van der Waals surface area (Å²) in [5.74, 6) is -0.938. The number of carbonyl (C=O) groups excluding carboxylic acids is 2. The van der Waals surface area contributed by atoms with E-state index in [4.69, 9.17) is 16.3 Å². The smallest absolute Gasteiger partial charge is 0.378 e. The number of nitrogens with zero attached hydrogens (tertiary/aromatic N) is 3. The Morgan fingerprint density at radius 2 is 1.69 bits per heavy atom. The Labute approximate surface area is 189 Å². The summed E-state index contributed by atoms with van der Waals surface area (Å²) in [5, 5.41) is 7.50. The van der Waals surface area contributed by atoms with Crippen molar-refractivity contribution < 1.29 is 14.3 Å². The van der Waals surface area contributed by atoms with E-state index >= 15 is 0 Å². The topological polar surface area (TPSA) is 86.1 Å². The van der Waals surface area contributed by atoms with E-state index in [-0.39, 0.29) is 5.82 Å². The maximum absolute atomic E-state index is 12.6. The van der Waals surface area contributed by atoms with Crippen LogP contribution in [0.2, 0.25) is 5.02 Å². The number of aryl methyl sites for hydroxylation is 1. The Morgan fingerprint density at radius 1 is 1.00 bits per heavy atom. The summed E-state index contributed by atoms with van der Waals surface area (Å²) in [6.45, 7) is 1.36. The number of benzene rings is 3. The van der Waals surface area contributed by atoms with Gasteiger partial charge in [0.15, 0.2) is 12.4 Å². The second-order valence-corrected chi connectivity index (χ2v) is 7.39. The van der Waals surface area contributed by atoms with Crippen molar-refractivity contribution in [2.75, 3.05) is 11.9 Å². The SMILES string of the molecule is Cc1ccc(Cl)cc1NC(=O)COC(=O)c1nc(-c2ccccc2)n(-c2ccccc2)n1. The number of para-hydroxylation sites is 1. The molecule has 160 valence electrons. The molecule has 0 radical (unpaired) electrons. The summed E-state index contributed by atoms with van der Waals surface area (Å²) < 4.78 is 6.72. The molecule has 32 heavy (non-hydrogen) atoms. The zero-order valence-electron chi connectivity index (χ0n) is 17.2. The number of hydrogen-bond donors (Lipinski definition) is 1. The van der Waals surface area contributed by atoms with E-state index in [0.717, 1.165) is 16.8 Å². The number of anilines is 1. The molecule has 0 fully saturated rings. The van der Waals surface area contributed by atoms with Gasteiger partial charge in [0.1, 0.15) is 0 Å². The lowest BCUT2D eigenvalue weighted by atomic mass is 10.2. The molecule has 1 N–H and O–H groups in total. The molecule has 0 spiro atoms. The fourth-order valence-corrected chi connectivity index (χ4v) is 3.20. The standard InChI is InChI=1S/C24H19ClN4O3/c1-16-12-13-18(25)14-20(16)26-21(30)15-32-24(31)22-27-23(17-8-4-2-5-9-17)29(28-22)19-10-6-3-7-11-19/h2-14H,15H2,1H3,(H,26,30). The molecule has 0 aliphatic heterocycles. The predicted octanol–water partition coefficient (Wildman–Crippen LogP) is 4.69. The predicted molar refractivity (Wildman–Crippen MR) is 122 cm³/mol. The normalized spacial score (nSPS) is 10.6. The van der Waals surface area contributed by atoms with Crippen molar-refractivity contribution in [2.24, 2.45) is 0 Å². The van der Waals surface area contributed by atoms with E-state index in [9.17, 15) is 9.59 Å². The molecule has 4 rings (SSSR count). The van der Waals surface area contributed by atoms with Gasteiger partial charge in [-0.2, -0.15) is 0 Å². The number of esters is 1. The highest BCUT2D eigenvalue weighted by Gasteiger charge is 2.21. The van der Waals surface area contributed by atoms with Gasteiger partial charge < -0.3 is 10.1 Å². The zero-order chi connectivity index (χ0) is 22.5. The molecule has 1 amide bonds. The molecule has 7 nitrogen and oxygen atoms in total. The van der Waals surface area contributed by atoms with Crippen molar-refractivity contribution in [3.63, 3.8) is 0 Å². The Bertz CT molecular complexity index is 1200. The number of hydrogen-bond acceptors (Lipinski definition) is 5. The van der Waals surface area contributed by atoms with E-state index < -0.39 is 18.5 Å². The van der Waals surface area contributed by atoms with Crippen LogP contribution in [0.15, 0.2) is 78.9 Å². The van der Waals surface area contributed by atoms with Crippen LogP contribution in [0, 0.1) is 6.92 Å². The second-order valence-electron chi connectivity index (χ2n) is 6.96. The highest BCUT2D eigenvalue weighted by molar-refractivity contribution is 6.31. The van der Waals surface area contributed by atoms with Crippen LogP contribution >= 0.6 is 11.6 Å². The van der Waals surface area contributed by atoms with Gasteiger partial charge >= 0.3 is 5.97 Å². The number of nitrogens with one attached hydrogen (secondary N) is 1. The summed E-state index contributed by atoms with van der Waals surface area (Å²) in [6, 6.07) is 23.9. The monoisotopic (exact) mass is 446 g/mol. The van der Waals surface area contributed by atoms with E-state index in [0.29, 0.717) is 16.5 Å². The summed E-state index contributed by atoms with van der Waals surface area (Å²) >= 11 is 5.97. The first kappa shape index (κ1) is 21.3. The first-order chi connectivity index (χ1) is 15.5. The average molecular weight is 447 g/mol. The Morgan fingerprint density at radius 3 is 2.41 bits per heavy atom. The van der Waals surface area contributed by atoms with Gasteiger partial charge in [-0.15, -0.1) is 5.10 Å². The fraction of sp³-hybridized carbons (Fsp3) is 0.0833. The van der Waals surface area contributed by atoms with Gasteiger partial charge in [-0.3, -0.25) is 4.79 Å². The minimum absolute atomic E-state index is 0.139. The van der Waals surface area contributed by atoms with Crippen molar-refractivity contribution in [1.82, 2.24) is 14.8 Å². The summed E-state index contributed by atoms with van der Waals surface area (Å²) in [4.78, 5) is 29.2. The molecule has 0 saturated heterocycles. The van der Waals surface area contributed by atoms with Crippen LogP contribution in [0.5, 0.6) is 0 Å². The van der Waals surface area contributed by atoms with Crippen LogP contribution in [0.1, 0.15) is 16.2 Å². The third-order valence-electron chi connectivity index (χ3n) is 4.63. The quantitative estimate of drug-likeness (QED) is 0.434. The van der Waals surface area contributed by atoms with Gasteiger partial charge in [0.2, 0.25) is 0 Å². The largest absolute Gasteiger partial charge is 0.450 e. The van der Waals surface area contributed by atoms with Gasteiger partial charge in [0.05, 0.1) is 5.69 Å². The summed E-state index contributed by atoms with van der Waals surface area (Å²) in [7, 11) is 0. The number of amides is 1. The van der Waals surface area contributed by atoms with E-state index in [1.807, 2.05) is 67.6 Å². The zero-order valence-corrected chi connectivity index (χ0v) is 17.9.